The Labute approximate surface area is 322 Å². The van der Waals surface area contributed by atoms with E-state index in [1.165, 1.54) is 0 Å². The number of nitrogens with zero attached hydrogens (tertiary/aromatic N) is 1. The van der Waals surface area contributed by atoms with Crippen molar-refractivity contribution in [2.24, 2.45) is 29.1 Å². The fourth-order valence-electron chi connectivity index (χ4n) is 10.2. The van der Waals surface area contributed by atoms with Gasteiger partial charge in [0.15, 0.2) is 14.1 Å². The van der Waals surface area contributed by atoms with Gasteiger partial charge in [0.1, 0.15) is 11.4 Å². The number of benzene rings is 1. The molecule has 0 radical (unpaired) electrons. The molecular formula is C44H71NO7Si. The summed E-state index contributed by atoms with van der Waals surface area (Å²) in [7, 11) is -0.522. The summed E-state index contributed by atoms with van der Waals surface area (Å²) < 4.78 is 32.4. The molecule has 53 heavy (non-hydrogen) atoms. The lowest BCUT2D eigenvalue weighted by molar-refractivity contribution is -0.282. The standard InChI is InChI=1S/C44H71NO7Si/c1-11-12-13-14-15-16-17-35-24-39-41(49-27-34-18-20-37(48-10)21-19-34)40(38(35)22-23-52-53(31(2)3,32(4)5)33(6)7)44(47,28-46)36(26-45)25-43(39)29-50-42(8,9)51-30-43/h11-12,18-21,24,31-33,35-36,38,40-41,46-47H,13-17,22-23,25,27-30H2,1-10H3/b12-11+/t35-,36+,38+,40-,41?,44-/m1/s1. The van der Waals surface area contributed by atoms with Gasteiger partial charge in [-0.3, -0.25) is 0 Å². The molecule has 1 aromatic rings. The largest absolute Gasteiger partial charge is 0.497 e. The first-order valence-electron chi connectivity index (χ1n) is 20.4. The molecule has 1 unspecified atom stereocenters. The summed E-state index contributed by atoms with van der Waals surface area (Å²) in [4.78, 5) is 0. The van der Waals surface area contributed by atoms with Crippen LogP contribution in [0.1, 0.15) is 113 Å². The van der Waals surface area contributed by atoms with Gasteiger partial charge in [-0.1, -0.05) is 84.7 Å². The molecule has 4 rings (SSSR count). The second-order valence-electron chi connectivity index (χ2n) is 17.5. The molecule has 2 fully saturated rings. The van der Waals surface area contributed by atoms with E-state index in [1.807, 2.05) is 38.1 Å². The lowest BCUT2D eigenvalue weighted by Crippen LogP contribution is -2.57. The van der Waals surface area contributed by atoms with Crippen molar-refractivity contribution >= 4 is 8.32 Å². The Kier molecular flexibility index (Phi) is 15.4. The zero-order valence-corrected chi connectivity index (χ0v) is 35.5. The van der Waals surface area contributed by atoms with E-state index in [0.717, 1.165) is 49.0 Å². The topological polar surface area (TPSA) is 110 Å². The number of ether oxygens (including phenoxy) is 4. The van der Waals surface area contributed by atoms with E-state index in [4.69, 9.17) is 23.4 Å². The van der Waals surface area contributed by atoms with Crippen LogP contribution >= 0.6 is 0 Å². The van der Waals surface area contributed by atoms with E-state index in [1.54, 1.807) is 7.11 Å². The van der Waals surface area contributed by atoms with E-state index in [2.05, 4.69) is 72.8 Å². The minimum atomic E-state index is -2.17. The molecule has 6 atom stereocenters. The van der Waals surface area contributed by atoms with Gasteiger partial charge in [-0.15, -0.1) is 0 Å². The normalized spacial score (nSPS) is 28.4. The zero-order valence-electron chi connectivity index (χ0n) is 34.5. The van der Waals surface area contributed by atoms with Gasteiger partial charge in [-0.05, 0) is 105 Å². The molecule has 3 aliphatic rings. The number of aliphatic hydroxyl groups excluding tert-OH is 1. The number of allylic oxidation sites excluding steroid dienone is 3. The summed E-state index contributed by atoms with van der Waals surface area (Å²) in [6.07, 6.45) is 12.5. The van der Waals surface area contributed by atoms with Crippen molar-refractivity contribution in [3.8, 4) is 11.8 Å². The van der Waals surface area contributed by atoms with Crippen molar-refractivity contribution in [3.05, 3.63) is 53.6 Å². The third kappa shape index (κ3) is 9.51. The second kappa shape index (κ2) is 18.7. The van der Waals surface area contributed by atoms with Gasteiger partial charge in [0.25, 0.3) is 0 Å². The molecule has 2 bridgehead atoms. The van der Waals surface area contributed by atoms with E-state index in [-0.39, 0.29) is 11.8 Å². The molecular weight excluding hydrogens is 683 g/mol. The van der Waals surface area contributed by atoms with Crippen LogP contribution in [-0.4, -0.2) is 69.6 Å². The first-order chi connectivity index (χ1) is 25.1. The second-order valence-corrected chi connectivity index (χ2v) is 23.0. The van der Waals surface area contributed by atoms with Crippen molar-refractivity contribution in [1.82, 2.24) is 0 Å². The highest BCUT2D eigenvalue weighted by molar-refractivity contribution is 6.77. The Morgan fingerprint density at radius 1 is 0.981 bits per heavy atom. The van der Waals surface area contributed by atoms with Crippen LogP contribution in [0.15, 0.2) is 48.1 Å². The maximum Gasteiger partial charge on any atom is 0.200 e. The minimum Gasteiger partial charge on any atom is -0.497 e. The van der Waals surface area contributed by atoms with Gasteiger partial charge < -0.3 is 33.6 Å². The lowest BCUT2D eigenvalue weighted by Gasteiger charge is -2.51. The molecule has 2 N–H and O–H groups in total. The zero-order chi connectivity index (χ0) is 39.0. The highest BCUT2D eigenvalue weighted by Crippen LogP contribution is 2.58. The van der Waals surface area contributed by atoms with Crippen LogP contribution in [0.4, 0.5) is 0 Å². The number of fused-ring (bicyclic) bond motifs is 3. The Morgan fingerprint density at radius 3 is 2.17 bits per heavy atom. The maximum atomic E-state index is 12.9. The number of hydrogen-bond donors (Lipinski definition) is 2. The summed E-state index contributed by atoms with van der Waals surface area (Å²) in [6, 6.07) is 10.3. The summed E-state index contributed by atoms with van der Waals surface area (Å²) in [5.41, 5.74) is 0.941. The Balaban J connectivity index is 1.84. The van der Waals surface area contributed by atoms with Crippen LogP contribution < -0.4 is 4.74 Å². The lowest BCUT2D eigenvalue weighted by atomic mass is 9.60. The van der Waals surface area contributed by atoms with Gasteiger partial charge in [0, 0.05) is 17.9 Å². The average molecular weight is 754 g/mol. The molecule has 1 aromatic carbocycles. The number of rotatable bonds is 18. The van der Waals surface area contributed by atoms with Crippen molar-refractivity contribution in [1.29, 1.82) is 5.26 Å². The summed E-state index contributed by atoms with van der Waals surface area (Å²) in [5.74, 6) is -1.40. The number of nitriles is 1. The summed E-state index contributed by atoms with van der Waals surface area (Å²) >= 11 is 0. The Morgan fingerprint density at radius 2 is 1.62 bits per heavy atom. The number of aliphatic hydroxyl groups is 2. The Bertz CT molecular complexity index is 1370. The molecule has 1 spiro atoms. The van der Waals surface area contributed by atoms with Crippen molar-refractivity contribution in [2.45, 2.75) is 148 Å². The molecule has 9 heteroatoms. The van der Waals surface area contributed by atoms with E-state index >= 15 is 0 Å². The van der Waals surface area contributed by atoms with Gasteiger partial charge in [-0.25, -0.2) is 0 Å². The van der Waals surface area contributed by atoms with Crippen molar-refractivity contribution in [3.63, 3.8) is 0 Å². The van der Waals surface area contributed by atoms with E-state index in [9.17, 15) is 15.5 Å². The number of methoxy groups -OCH3 is 1. The Hall–Kier alpha value is -2.03. The maximum absolute atomic E-state index is 12.9. The fraction of sp³-hybridized carbons (Fsp3) is 0.750. The monoisotopic (exact) mass is 753 g/mol. The molecule has 1 aliphatic heterocycles. The summed E-state index contributed by atoms with van der Waals surface area (Å²) in [5, 5.41) is 35.1. The smallest absolute Gasteiger partial charge is 0.200 e. The highest BCUT2D eigenvalue weighted by atomic mass is 28.4. The minimum absolute atomic E-state index is 0.0849. The first-order valence-corrected chi connectivity index (χ1v) is 22.5. The van der Waals surface area contributed by atoms with E-state index < -0.39 is 49.7 Å². The van der Waals surface area contributed by atoms with Crippen LogP contribution in [0.2, 0.25) is 16.6 Å². The van der Waals surface area contributed by atoms with E-state index in [0.29, 0.717) is 55.9 Å². The van der Waals surface area contributed by atoms with Gasteiger partial charge in [0.05, 0.1) is 51.6 Å². The molecule has 8 nitrogen and oxygen atoms in total. The van der Waals surface area contributed by atoms with Crippen LogP contribution in [0.3, 0.4) is 0 Å². The third-order valence-corrected chi connectivity index (χ3v) is 19.1. The number of hydrogen-bond acceptors (Lipinski definition) is 8. The van der Waals surface area contributed by atoms with Gasteiger partial charge >= 0.3 is 0 Å². The molecule has 1 saturated carbocycles. The molecule has 1 saturated heterocycles. The SMILES string of the molecule is C/C=C/CCCCC[C@@H]1C=C2C(OCc3ccc(OC)cc3)[C@@H]([C@H]1CCO[Si](C(C)C)(C(C)C)C(C)C)[C@@](O)(CO)[C@H](C#N)CC21COC(C)(C)OC1. The molecule has 298 valence electrons. The third-order valence-electron chi connectivity index (χ3n) is 13.0. The highest BCUT2D eigenvalue weighted by Gasteiger charge is 2.63. The van der Waals surface area contributed by atoms with Crippen molar-refractivity contribution < 1.29 is 33.6 Å². The van der Waals surface area contributed by atoms with Gasteiger partial charge in [0.2, 0.25) is 0 Å². The predicted molar refractivity (Wildman–Crippen MR) is 214 cm³/mol. The molecule has 1 heterocycles. The molecule has 0 aromatic heterocycles. The predicted octanol–water partition coefficient (Wildman–Crippen LogP) is 9.51. The summed E-state index contributed by atoms with van der Waals surface area (Å²) in [6.45, 7) is 20.8. The van der Waals surface area contributed by atoms with Crippen LogP contribution in [-0.2, 0) is 25.2 Å². The molecule has 2 aliphatic carbocycles. The first kappa shape index (κ1) is 43.7. The number of unbranched alkanes of at least 4 members (excludes halogenated alkanes) is 3. The molecule has 0 amide bonds. The van der Waals surface area contributed by atoms with Crippen LogP contribution in [0, 0.1) is 40.4 Å². The van der Waals surface area contributed by atoms with Gasteiger partial charge in [-0.2, -0.15) is 5.26 Å². The average Bonchev–Trinajstić information content (AvgIpc) is 3.18. The van der Waals surface area contributed by atoms with Crippen molar-refractivity contribution in [2.75, 3.05) is 33.5 Å². The fourth-order valence-corrected chi connectivity index (χ4v) is 15.6. The quantitative estimate of drug-likeness (QED) is 0.0867. The van der Waals surface area contributed by atoms with Crippen LogP contribution in [0.25, 0.3) is 0 Å². The van der Waals surface area contributed by atoms with Crippen LogP contribution in [0.5, 0.6) is 5.75 Å².